The van der Waals surface area contributed by atoms with E-state index in [0.717, 1.165) is 42.4 Å². The Balaban J connectivity index is 1.22. The molecule has 5 nitrogen and oxygen atoms in total. The van der Waals surface area contributed by atoms with Gasteiger partial charge in [0.15, 0.2) is 6.61 Å². The highest BCUT2D eigenvalue weighted by Gasteiger charge is 2.57. The van der Waals surface area contributed by atoms with E-state index >= 15 is 0 Å². The summed E-state index contributed by atoms with van der Waals surface area (Å²) in [5.41, 5.74) is 1.04. The van der Waals surface area contributed by atoms with Crippen molar-refractivity contribution >= 4 is 27.8 Å². The molecular weight excluding hydrogens is 422 g/mol. The van der Waals surface area contributed by atoms with Gasteiger partial charge in [0.2, 0.25) is 0 Å². The van der Waals surface area contributed by atoms with Crippen LogP contribution in [0.3, 0.4) is 0 Å². The lowest BCUT2D eigenvalue weighted by Gasteiger charge is -2.60. The molecule has 4 saturated carbocycles. The molecular formula is C22H28BrNO4. The Labute approximate surface area is 174 Å². The molecule has 0 radical (unpaired) electrons. The van der Waals surface area contributed by atoms with Crippen LogP contribution in [0.15, 0.2) is 24.3 Å². The molecule has 4 aliphatic rings. The molecule has 1 amide bonds. The lowest BCUT2D eigenvalue weighted by molar-refractivity contribution is -0.154. The van der Waals surface area contributed by atoms with E-state index in [9.17, 15) is 9.59 Å². The summed E-state index contributed by atoms with van der Waals surface area (Å²) in [6.45, 7) is 0.192. The monoisotopic (exact) mass is 449 g/mol. The average molecular weight is 450 g/mol. The van der Waals surface area contributed by atoms with Crippen LogP contribution in [-0.4, -0.2) is 29.9 Å². The van der Waals surface area contributed by atoms with Crippen molar-refractivity contribution in [3.8, 4) is 5.75 Å². The Morgan fingerprint density at radius 2 is 1.82 bits per heavy atom. The third-order valence-corrected chi connectivity index (χ3v) is 7.57. The number of nitrogens with one attached hydrogen (secondary N) is 1. The summed E-state index contributed by atoms with van der Waals surface area (Å²) in [6, 6.07) is 7.50. The summed E-state index contributed by atoms with van der Waals surface area (Å²) < 4.78 is 10.7. The number of methoxy groups -OCH3 is 1. The van der Waals surface area contributed by atoms with Crippen LogP contribution >= 0.6 is 15.9 Å². The fourth-order valence-corrected chi connectivity index (χ4v) is 7.55. The minimum atomic E-state index is -0.272. The van der Waals surface area contributed by atoms with E-state index in [4.69, 9.17) is 9.47 Å². The normalized spacial score (nSPS) is 32.8. The zero-order chi connectivity index (χ0) is 19.8. The van der Waals surface area contributed by atoms with Gasteiger partial charge in [-0.15, -0.1) is 0 Å². The summed E-state index contributed by atoms with van der Waals surface area (Å²) in [5.74, 6) is 1.74. The van der Waals surface area contributed by atoms with Crippen molar-refractivity contribution in [2.45, 2.75) is 55.8 Å². The Morgan fingerprint density at radius 1 is 1.14 bits per heavy atom. The van der Waals surface area contributed by atoms with Crippen molar-refractivity contribution in [1.29, 1.82) is 0 Å². The fourth-order valence-electron chi connectivity index (χ4n) is 6.04. The van der Waals surface area contributed by atoms with E-state index in [1.807, 2.05) is 24.3 Å². The van der Waals surface area contributed by atoms with Crippen LogP contribution in [0.25, 0.3) is 0 Å². The van der Waals surface area contributed by atoms with Crippen LogP contribution in [0, 0.1) is 17.3 Å². The van der Waals surface area contributed by atoms with Gasteiger partial charge in [-0.2, -0.15) is 0 Å². The van der Waals surface area contributed by atoms with Crippen molar-refractivity contribution in [3.05, 3.63) is 29.8 Å². The number of carbonyl (C=O) groups excluding carboxylic acids is 2. The van der Waals surface area contributed by atoms with Crippen molar-refractivity contribution in [1.82, 2.24) is 5.32 Å². The maximum absolute atomic E-state index is 12.4. The molecule has 2 unspecified atom stereocenters. The molecule has 0 aliphatic heterocycles. The molecule has 2 atom stereocenters. The number of hydrogen-bond donors (Lipinski definition) is 1. The summed E-state index contributed by atoms with van der Waals surface area (Å²) >= 11 is 3.97. The minimum absolute atomic E-state index is 0.0736. The molecule has 6 heteroatoms. The first-order valence-corrected chi connectivity index (χ1v) is 10.9. The number of rotatable bonds is 7. The topological polar surface area (TPSA) is 64.6 Å². The molecule has 0 spiro atoms. The highest BCUT2D eigenvalue weighted by atomic mass is 79.9. The number of ether oxygens (including phenoxy) is 2. The second-order valence-corrected chi connectivity index (χ2v) is 10.8. The smallest absolute Gasteiger partial charge is 0.306 e. The van der Waals surface area contributed by atoms with Crippen molar-refractivity contribution in [3.63, 3.8) is 0 Å². The van der Waals surface area contributed by atoms with Gasteiger partial charge in [-0.05, 0) is 73.5 Å². The van der Waals surface area contributed by atoms with Gasteiger partial charge >= 0.3 is 5.97 Å². The first-order chi connectivity index (χ1) is 13.4. The lowest BCUT2D eigenvalue weighted by atomic mass is 9.49. The number of hydrogen-bond acceptors (Lipinski definition) is 4. The number of benzene rings is 1. The molecule has 0 heterocycles. The number of esters is 1. The van der Waals surface area contributed by atoms with Crippen LogP contribution in [0.1, 0.15) is 50.5 Å². The SMILES string of the molecule is COc1ccc(CNC(=O)COC(=O)CC23CC4CC(CC(Br)(C4)C2)C3)cc1. The van der Waals surface area contributed by atoms with Crippen LogP contribution in [0.5, 0.6) is 5.75 Å². The number of amides is 1. The van der Waals surface area contributed by atoms with E-state index in [-0.39, 0.29) is 28.2 Å². The van der Waals surface area contributed by atoms with E-state index in [1.54, 1.807) is 7.11 Å². The molecule has 28 heavy (non-hydrogen) atoms. The van der Waals surface area contributed by atoms with Crippen molar-refractivity contribution in [2.24, 2.45) is 17.3 Å². The third kappa shape index (κ3) is 4.37. The Kier molecular flexibility index (Phi) is 5.43. The number of halogens is 1. The van der Waals surface area contributed by atoms with Gasteiger partial charge in [-0.1, -0.05) is 28.1 Å². The molecule has 0 aromatic heterocycles. The highest BCUT2D eigenvalue weighted by Crippen LogP contribution is 2.65. The summed E-state index contributed by atoms with van der Waals surface area (Å²) in [4.78, 5) is 24.5. The van der Waals surface area contributed by atoms with Crippen LogP contribution < -0.4 is 10.1 Å². The van der Waals surface area contributed by atoms with Gasteiger partial charge in [-0.3, -0.25) is 9.59 Å². The Morgan fingerprint density at radius 3 is 2.43 bits per heavy atom. The molecule has 4 fully saturated rings. The molecule has 1 aromatic rings. The summed E-state index contributed by atoms with van der Waals surface area (Å²) in [6.07, 6.45) is 7.58. The zero-order valence-electron chi connectivity index (χ0n) is 16.3. The predicted molar refractivity (Wildman–Crippen MR) is 109 cm³/mol. The van der Waals surface area contributed by atoms with Crippen molar-refractivity contribution in [2.75, 3.05) is 13.7 Å². The van der Waals surface area contributed by atoms with E-state index in [0.29, 0.717) is 13.0 Å². The van der Waals surface area contributed by atoms with E-state index in [1.165, 1.54) is 19.3 Å². The lowest BCUT2D eigenvalue weighted by Crippen LogP contribution is -2.53. The van der Waals surface area contributed by atoms with Gasteiger partial charge in [0.05, 0.1) is 13.5 Å². The molecule has 4 aliphatic carbocycles. The van der Waals surface area contributed by atoms with Gasteiger partial charge in [0.25, 0.3) is 5.91 Å². The molecule has 4 bridgehead atoms. The van der Waals surface area contributed by atoms with Crippen molar-refractivity contribution < 1.29 is 19.1 Å². The maximum atomic E-state index is 12.4. The quantitative estimate of drug-likeness (QED) is 0.504. The molecule has 0 saturated heterocycles. The summed E-state index contributed by atoms with van der Waals surface area (Å²) in [5, 5.41) is 2.79. The standard InChI is InChI=1S/C22H28BrNO4/c1-27-18-4-2-15(3-5-18)12-24-19(25)13-28-20(26)11-21-7-16-6-17(8-21)10-22(23,9-16)14-21/h2-5,16-17H,6-14H2,1H3,(H,24,25). The third-order valence-electron chi connectivity index (χ3n) is 6.64. The summed E-state index contributed by atoms with van der Waals surface area (Å²) in [7, 11) is 1.62. The Bertz CT molecular complexity index is 733. The van der Waals surface area contributed by atoms with Crippen LogP contribution in [0.2, 0.25) is 0 Å². The fraction of sp³-hybridized carbons (Fsp3) is 0.636. The largest absolute Gasteiger partial charge is 0.497 e. The Hall–Kier alpha value is -1.56. The first-order valence-electron chi connectivity index (χ1n) is 10.1. The van der Waals surface area contributed by atoms with Gasteiger partial charge < -0.3 is 14.8 Å². The predicted octanol–water partition coefficient (Wildman–Crippen LogP) is 3.98. The van der Waals surface area contributed by atoms with Gasteiger partial charge in [0, 0.05) is 10.9 Å². The molecule has 1 aromatic carbocycles. The first kappa shape index (κ1) is 19.7. The molecule has 152 valence electrons. The van der Waals surface area contributed by atoms with E-state index in [2.05, 4.69) is 21.2 Å². The highest BCUT2D eigenvalue weighted by molar-refractivity contribution is 9.10. The minimum Gasteiger partial charge on any atom is -0.497 e. The zero-order valence-corrected chi connectivity index (χ0v) is 17.9. The van der Waals surface area contributed by atoms with Gasteiger partial charge in [0.1, 0.15) is 5.75 Å². The number of carbonyl (C=O) groups is 2. The number of alkyl halides is 1. The van der Waals surface area contributed by atoms with Crippen LogP contribution in [-0.2, 0) is 20.9 Å². The van der Waals surface area contributed by atoms with Gasteiger partial charge in [-0.25, -0.2) is 0 Å². The second-order valence-electron chi connectivity index (χ2n) is 9.07. The second kappa shape index (κ2) is 7.69. The van der Waals surface area contributed by atoms with Crippen LogP contribution in [0.4, 0.5) is 0 Å². The molecule has 1 N–H and O–H groups in total. The van der Waals surface area contributed by atoms with E-state index < -0.39 is 0 Å². The average Bonchev–Trinajstić information content (AvgIpc) is 2.62. The molecule has 5 rings (SSSR count). The maximum Gasteiger partial charge on any atom is 0.306 e.